The predicted octanol–water partition coefficient (Wildman–Crippen LogP) is 6.56. The molecule has 0 aliphatic carbocycles. The Hall–Kier alpha value is -3.52. The van der Waals surface area contributed by atoms with Crippen LogP contribution >= 0.6 is 0 Å². The van der Waals surface area contributed by atoms with Crippen LogP contribution in [0.1, 0.15) is 33.4 Å². The zero-order chi connectivity index (χ0) is 21.1. The lowest BCUT2D eigenvalue weighted by Gasteiger charge is -2.15. The highest BCUT2D eigenvalue weighted by atomic mass is 16.3. The normalized spacial score (nSPS) is 10.9. The van der Waals surface area contributed by atoms with Crippen molar-refractivity contribution in [1.82, 2.24) is 0 Å². The summed E-state index contributed by atoms with van der Waals surface area (Å²) in [4.78, 5) is 0. The van der Waals surface area contributed by atoms with Crippen molar-refractivity contribution in [1.29, 1.82) is 0 Å². The summed E-state index contributed by atoms with van der Waals surface area (Å²) >= 11 is 0. The molecule has 0 spiro atoms. The lowest BCUT2D eigenvalue weighted by molar-refractivity contribution is 0.470. The van der Waals surface area contributed by atoms with Gasteiger partial charge in [-0.3, -0.25) is 0 Å². The summed E-state index contributed by atoms with van der Waals surface area (Å²) in [5.74, 6) is 0.670. The Bertz CT molecular complexity index is 1100. The second kappa shape index (κ2) is 8.46. The van der Waals surface area contributed by atoms with Gasteiger partial charge < -0.3 is 10.2 Å². The lowest BCUT2D eigenvalue weighted by Crippen LogP contribution is -1.97. The maximum absolute atomic E-state index is 9.84. The van der Waals surface area contributed by atoms with Gasteiger partial charge in [0.25, 0.3) is 0 Å². The van der Waals surface area contributed by atoms with E-state index < -0.39 is 0 Å². The smallest absolute Gasteiger partial charge is 0.118 e. The topological polar surface area (TPSA) is 40.5 Å². The number of aromatic hydroxyl groups is 2. The summed E-state index contributed by atoms with van der Waals surface area (Å²) in [6.45, 7) is 3.86. The average molecular weight is 395 g/mol. The van der Waals surface area contributed by atoms with Crippen molar-refractivity contribution in [2.75, 3.05) is 0 Å². The molecule has 4 aromatic carbocycles. The molecule has 0 aliphatic rings. The highest BCUT2D eigenvalue weighted by Crippen LogP contribution is 2.31. The fourth-order valence-electron chi connectivity index (χ4n) is 3.97. The maximum atomic E-state index is 9.84. The third-order valence-electron chi connectivity index (χ3n) is 5.64. The van der Waals surface area contributed by atoms with E-state index >= 15 is 0 Å². The van der Waals surface area contributed by atoms with Gasteiger partial charge in [-0.05, 0) is 83.3 Å². The molecule has 2 N–H and O–H groups in total. The quantitative estimate of drug-likeness (QED) is 0.402. The Labute approximate surface area is 178 Å². The fraction of sp³-hybridized carbons (Fsp3) is 0.143. The van der Waals surface area contributed by atoms with E-state index in [0.29, 0.717) is 11.5 Å². The van der Waals surface area contributed by atoms with Gasteiger partial charge in [-0.25, -0.2) is 0 Å². The minimum Gasteiger partial charge on any atom is -0.508 e. The van der Waals surface area contributed by atoms with Crippen LogP contribution in [-0.2, 0) is 12.8 Å². The Morgan fingerprint density at radius 3 is 1.33 bits per heavy atom. The van der Waals surface area contributed by atoms with Crippen molar-refractivity contribution in [2.45, 2.75) is 26.7 Å². The molecule has 30 heavy (non-hydrogen) atoms. The molecule has 0 saturated heterocycles. The minimum atomic E-state index is 0.335. The molecule has 0 aliphatic heterocycles. The fourth-order valence-corrected chi connectivity index (χ4v) is 3.97. The number of hydrogen-bond acceptors (Lipinski definition) is 2. The van der Waals surface area contributed by atoms with E-state index in [2.05, 4.69) is 60.7 Å². The van der Waals surface area contributed by atoms with Crippen LogP contribution in [0.3, 0.4) is 0 Å². The van der Waals surface area contributed by atoms with E-state index in [4.69, 9.17) is 0 Å². The molecule has 0 amide bonds. The third kappa shape index (κ3) is 4.23. The van der Waals surface area contributed by atoms with Crippen LogP contribution in [0.5, 0.6) is 11.5 Å². The van der Waals surface area contributed by atoms with Gasteiger partial charge in [-0.15, -0.1) is 0 Å². The number of hydrogen-bond donors (Lipinski definition) is 2. The second-order valence-electron chi connectivity index (χ2n) is 7.91. The molecular formula is C28H26O2. The summed E-state index contributed by atoms with van der Waals surface area (Å²) in [5.41, 5.74) is 9.15. The van der Waals surface area contributed by atoms with Crippen molar-refractivity contribution >= 4 is 0 Å². The molecular weight excluding hydrogens is 368 g/mol. The monoisotopic (exact) mass is 394 g/mol. The number of phenols is 2. The van der Waals surface area contributed by atoms with Crippen molar-refractivity contribution in [3.63, 3.8) is 0 Å². The van der Waals surface area contributed by atoms with Gasteiger partial charge in [0.05, 0.1) is 0 Å². The van der Waals surface area contributed by atoms with Gasteiger partial charge in [0.2, 0.25) is 0 Å². The van der Waals surface area contributed by atoms with Crippen molar-refractivity contribution in [2.24, 2.45) is 0 Å². The summed E-state index contributed by atoms with van der Waals surface area (Å²) in [6.07, 6.45) is 1.62. The molecule has 0 aromatic heterocycles. The standard InChI is InChI=1S/C28H26O2/c1-19-15-21(11-13-27(19)29)17-23-7-3-5-9-25(23)26-10-6-4-8-24(26)18-22-12-14-28(30)20(2)16-22/h3-16,29-30H,17-18H2,1-2H3. The number of benzene rings is 4. The Morgan fingerprint density at radius 1 is 0.533 bits per heavy atom. The summed E-state index contributed by atoms with van der Waals surface area (Å²) < 4.78 is 0. The number of phenolic OH excluding ortho intramolecular Hbond substituents is 2. The summed E-state index contributed by atoms with van der Waals surface area (Å²) in [5, 5.41) is 19.7. The van der Waals surface area contributed by atoms with Gasteiger partial charge >= 0.3 is 0 Å². The van der Waals surface area contributed by atoms with E-state index in [-0.39, 0.29) is 0 Å². The first-order valence-corrected chi connectivity index (χ1v) is 10.2. The van der Waals surface area contributed by atoms with Crippen molar-refractivity contribution < 1.29 is 10.2 Å². The first-order valence-electron chi connectivity index (χ1n) is 10.2. The zero-order valence-electron chi connectivity index (χ0n) is 17.4. The maximum Gasteiger partial charge on any atom is 0.118 e. The van der Waals surface area contributed by atoms with Gasteiger partial charge in [-0.1, -0.05) is 72.8 Å². The van der Waals surface area contributed by atoms with E-state index in [0.717, 1.165) is 24.0 Å². The molecule has 0 fully saturated rings. The highest BCUT2D eigenvalue weighted by Gasteiger charge is 2.11. The Kier molecular flexibility index (Phi) is 5.58. The summed E-state index contributed by atoms with van der Waals surface area (Å²) in [6, 6.07) is 28.7. The SMILES string of the molecule is Cc1cc(Cc2ccccc2-c2ccccc2Cc2ccc(O)c(C)c2)ccc1O. The molecule has 0 bridgehead atoms. The van der Waals surface area contributed by atoms with Gasteiger partial charge in [0, 0.05) is 0 Å². The molecule has 2 nitrogen and oxygen atoms in total. The van der Waals surface area contributed by atoms with Crippen LogP contribution in [0, 0.1) is 13.8 Å². The highest BCUT2D eigenvalue weighted by molar-refractivity contribution is 5.71. The molecule has 0 saturated carbocycles. The van der Waals surface area contributed by atoms with Crippen molar-refractivity contribution in [3.05, 3.63) is 118 Å². The lowest BCUT2D eigenvalue weighted by atomic mass is 9.89. The van der Waals surface area contributed by atoms with E-state index in [1.165, 1.54) is 33.4 Å². The molecule has 0 heterocycles. The minimum absolute atomic E-state index is 0.335. The van der Waals surface area contributed by atoms with Gasteiger partial charge in [0.1, 0.15) is 11.5 Å². The molecule has 4 rings (SSSR count). The molecule has 0 atom stereocenters. The molecule has 150 valence electrons. The van der Waals surface area contributed by atoms with Crippen LogP contribution in [0.2, 0.25) is 0 Å². The van der Waals surface area contributed by atoms with E-state index in [1.807, 2.05) is 26.0 Å². The second-order valence-corrected chi connectivity index (χ2v) is 7.91. The first-order chi connectivity index (χ1) is 14.5. The number of aryl methyl sites for hydroxylation is 2. The predicted molar refractivity (Wildman–Crippen MR) is 123 cm³/mol. The van der Waals surface area contributed by atoms with E-state index in [1.54, 1.807) is 12.1 Å². The first kappa shape index (κ1) is 19.8. The molecule has 4 aromatic rings. The Balaban J connectivity index is 1.71. The molecule has 2 heteroatoms. The number of rotatable bonds is 5. The van der Waals surface area contributed by atoms with Crippen LogP contribution < -0.4 is 0 Å². The van der Waals surface area contributed by atoms with Crippen molar-refractivity contribution in [3.8, 4) is 22.6 Å². The third-order valence-corrected chi connectivity index (χ3v) is 5.64. The van der Waals surface area contributed by atoms with Crippen LogP contribution in [-0.4, -0.2) is 10.2 Å². The van der Waals surface area contributed by atoms with Gasteiger partial charge in [-0.2, -0.15) is 0 Å². The van der Waals surface area contributed by atoms with E-state index in [9.17, 15) is 10.2 Å². The largest absolute Gasteiger partial charge is 0.508 e. The summed E-state index contributed by atoms with van der Waals surface area (Å²) in [7, 11) is 0. The molecule has 0 radical (unpaired) electrons. The van der Waals surface area contributed by atoms with Crippen LogP contribution in [0.25, 0.3) is 11.1 Å². The van der Waals surface area contributed by atoms with Crippen LogP contribution in [0.4, 0.5) is 0 Å². The Morgan fingerprint density at radius 2 is 0.933 bits per heavy atom. The molecule has 0 unspecified atom stereocenters. The van der Waals surface area contributed by atoms with Gasteiger partial charge in [0.15, 0.2) is 0 Å². The zero-order valence-corrected chi connectivity index (χ0v) is 17.4. The average Bonchev–Trinajstić information content (AvgIpc) is 2.74. The van der Waals surface area contributed by atoms with Crippen LogP contribution in [0.15, 0.2) is 84.9 Å².